The molecule has 0 aromatic carbocycles. The maximum absolute atomic E-state index is 11.3. The zero-order valence-electron chi connectivity index (χ0n) is 9.36. The highest BCUT2D eigenvalue weighted by Crippen LogP contribution is 2.11. The molecule has 0 bridgehead atoms. The van der Waals surface area contributed by atoms with Crippen LogP contribution in [0.25, 0.3) is 0 Å². The van der Waals surface area contributed by atoms with Crippen molar-refractivity contribution in [2.24, 2.45) is 0 Å². The van der Waals surface area contributed by atoms with E-state index in [2.05, 4.69) is 0 Å². The summed E-state index contributed by atoms with van der Waals surface area (Å²) in [6.45, 7) is 5.09. The summed E-state index contributed by atoms with van der Waals surface area (Å²) in [7, 11) is 0. The molecule has 5 heteroatoms. The van der Waals surface area contributed by atoms with Crippen LogP contribution in [0.4, 0.5) is 0 Å². The number of alkyl halides is 1. The molecule has 0 fully saturated rings. The van der Waals surface area contributed by atoms with Crippen molar-refractivity contribution in [2.45, 2.75) is 51.4 Å². The van der Waals surface area contributed by atoms with E-state index in [4.69, 9.17) is 16.3 Å². The van der Waals surface area contributed by atoms with Gasteiger partial charge in [0.1, 0.15) is 5.60 Å². The smallest absolute Gasteiger partial charge is 0.338 e. The van der Waals surface area contributed by atoms with Crippen LogP contribution >= 0.6 is 11.6 Å². The first-order valence-corrected chi connectivity index (χ1v) is 5.46. The number of carbonyl (C=O) groups is 1. The fourth-order valence-electron chi connectivity index (χ4n) is 0.963. The molecule has 0 aliphatic carbocycles. The van der Waals surface area contributed by atoms with Gasteiger partial charge in [-0.25, -0.2) is 4.79 Å². The van der Waals surface area contributed by atoms with E-state index in [-0.39, 0.29) is 6.42 Å². The molecule has 0 heterocycles. The Morgan fingerprint density at radius 3 is 2.33 bits per heavy atom. The van der Waals surface area contributed by atoms with Crippen LogP contribution in [-0.4, -0.2) is 39.9 Å². The fraction of sp³-hybridized carbons (Fsp3) is 0.900. The van der Waals surface area contributed by atoms with Gasteiger partial charge in [0.2, 0.25) is 0 Å². The van der Waals surface area contributed by atoms with E-state index in [0.717, 1.165) is 0 Å². The van der Waals surface area contributed by atoms with Crippen molar-refractivity contribution in [3.05, 3.63) is 0 Å². The molecule has 0 spiro atoms. The zero-order chi connectivity index (χ0) is 12.1. The highest BCUT2D eigenvalue weighted by atomic mass is 35.5. The summed E-state index contributed by atoms with van der Waals surface area (Å²) < 4.78 is 4.92. The van der Waals surface area contributed by atoms with Crippen LogP contribution < -0.4 is 0 Å². The van der Waals surface area contributed by atoms with Gasteiger partial charge in [-0.1, -0.05) is 0 Å². The first kappa shape index (κ1) is 14.7. The molecular weight excluding hydrogens is 220 g/mol. The lowest BCUT2D eigenvalue weighted by molar-refractivity contribution is -0.171. The van der Waals surface area contributed by atoms with Gasteiger partial charge in [-0.2, -0.15) is 0 Å². The average molecular weight is 239 g/mol. The summed E-state index contributed by atoms with van der Waals surface area (Å²) in [6.07, 6.45) is -1.78. The lowest BCUT2D eigenvalue weighted by atomic mass is 10.1. The molecular formula is C10H19ClO4. The molecule has 0 aromatic rings. The molecule has 15 heavy (non-hydrogen) atoms. The van der Waals surface area contributed by atoms with Gasteiger partial charge in [-0.3, -0.25) is 0 Å². The van der Waals surface area contributed by atoms with Crippen molar-refractivity contribution in [1.29, 1.82) is 0 Å². The Bertz CT molecular complexity index is 200. The molecule has 0 rings (SSSR count). The number of hydrogen-bond acceptors (Lipinski definition) is 4. The number of hydrogen-bond donors (Lipinski definition) is 2. The van der Waals surface area contributed by atoms with Crippen molar-refractivity contribution in [3.8, 4) is 0 Å². The minimum absolute atomic E-state index is 0.282. The van der Waals surface area contributed by atoms with Gasteiger partial charge in [0, 0.05) is 5.88 Å². The molecule has 2 atom stereocenters. The number of halogens is 1. The molecule has 0 amide bonds. The van der Waals surface area contributed by atoms with E-state index in [1.165, 1.54) is 0 Å². The second-order valence-electron chi connectivity index (χ2n) is 4.38. The van der Waals surface area contributed by atoms with Crippen molar-refractivity contribution >= 4 is 17.6 Å². The van der Waals surface area contributed by atoms with Gasteiger partial charge in [-0.15, -0.1) is 11.6 Å². The van der Waals surface area contributed by atoms with Gasteiger partial charge in [-0.05, 0) is 33.6 Å². The Balaban J connectivity index is 4.08. The van der Waals surface area contributed by atoms with Gasteiger partial charge in [0.15, 0.2) is 6.10 Å². The number of aliphatic hydroxyl groups excluding tert-OH is 2. The summed E-state index contributed by atoms with van der Waals surface area (Å²) in [5.41, 5.74) is -0.662. The van der Waals surface area contributed by atoms with Crippen LogP contribution in [0.3, 0.4) is 0 Å². The topological polar surface area (TPSA) is 66.8 Å². The van der Waals surface area contributed by atoms with Crippen LogP contribution in [0.1, 0.15) is 33.6 Å². The first-order valence-electron chi connectivity index (χ1n) is 4.93. The molecule has 2 N–H and O–H groups in total. The number of carbonyl (C=O) groups excluding carboxylic acids is 1. The summed E-state index contributed by atoms with van der Waals surface area (Å²) in [4.78, 5) is 11.3. The quantitative estimate of drug-likeness (QED) is 0.556. The van der Waals surface area contributed by atoms with Crippen LogP contribution in [0.15, 0.2) is 0 Å². The van der Waals surface area contributed by atoms with Crippen LogP contribution in [0.5, 0.6) is 0 Å². The normalized spacial score (nSPS) is 15.9. The monoisotopic (exact) mass is 238 g/mol. The second-order valence-corrected chi connectivity index (χ2v) is 4.75. The maximum Gasteiger partial charge on any atom is 0.338 e. The zero-order valence-corrected chi connectivity index (χ0v) is 10.1. The fourth-order valence-corrected chi connectivity index (χ4v) is 1.12. The predicted molar refractivity (Wildman–Crippen MR) is 57.8 cm³/mol. The Morgan fingerprint density at radius 1 is 1.40 bits per heavy atom. The molecule has 0 saturated carbocycles. The Hall–Kier alpha value is -0.320. The summed E-state index contributed by atoms with van der Waals surface area (Å²) in [6, 6.07) is 0. The second kappa shape index (κ2) is 6.30. The predicted octanol–water partition coefficient (Wildman–Crippen LogP) is 1.07. The molecule has 90 valence electrons. The third kappa shape index (κ3) is 6.71. The van der Waals surface area contributed by atoms with Crippen molar-refractivity contribution < 1.29 is 19.7 Å². The van der Waals surface area contributed by atoms with Crippen molar-refractivity contribution in [3.63, 3.8) is 0 Å². The Kier molecular flexibility index (Phi) is 6.17. The van der Waals surface area contributed by atoms with Crippen LogP contribution in [-0.2, 0) is 9.53 Å². The van der Waals surface area contributed by atoms with E-state index in [0.29, 0.717) is 12.3 Å². The Labute approximate surface area is 95.2 Å². The highest BCUT2D eigenvalue weighted by Gasteiger charge is 2.28. The molecule has 0 saturated heterocycles. The highest BCUT2D eigenvalue weighted by molar-refractivity contribution is 6.17. The van der Waals surface area contributed by atoms with E-state index in [1.807, 2.05) is 0 Å². The number of rotatable bonds is 5. The third-order valence-corrected chi connectivity index (χ3v) is 1.91. The SMILES string of the molecule is CC(C)(C)OC(=O)C(O)C(O)CCCCl. The lowest BCUT2D eigenvalue weighted by Gasteiger charge is -2.23. The van der Waals surface area contributed by atoms with Crippen LogP contribution in [0.2, 0.25) is 0 Å². The van der Waals surface area contributed by atoms with E-state index in [1.54, 1.807) is 20.8 Å². The molecule has 0 aromatic heterocycles. The molecule has 0 aliphatic rings. The van der Waals surface area contributed by atoms with E-state index >= 15 is 0 Å². The molecule has 0 aliphatic heterocycles. The van der Waals surface area contributed by atoms with E-state index < -0.39 is 23.8 Å². The average Bonchev–Trinajstić information content (AvgIpc) is 2.10. The van der Waals surface area contributed by atoms with Gasteiger partial charge in [0.05, 0.1) is 6.10 Å². The van der Waals surface area contributed by atoms with Gasteiger partial charge >= 0.3 is 5.97 Å². The first-order chi connectivity index (χ1) is 6.78. The van der Waals surface area contributed by atoms with Crippen LogP contribution in [0, 0.1) is 0 Å². The van der Waals surface area contributed by atoms with Crippen molar-refractivity contribution in [1.82, 2.24) is 0 Å². The minimum Gasteiger partial charge on any atom is -0.458 e. The lowest BCUT2D eigenvalue weighted by Crippen LogP contribution is -2.39. The third-order valence-electron chi connectivity index (χ3n) is 1.65. The molecule has 2 unspecified atom stereocenters. The maximum atomic E-state index is 11.3. The van der Waals surface area contributed by atoms with Crippen molar-refractivity contribution in [2.75, 3.05) is 5.88 Å². The van der Waals surface area contributed by atoms with Gasteiger partial charge < -0.3 is 14.9 Å². The summed E-state index contributed by atoms with van der Waals surface area (Å²) >= 11 is 5.43. The summed E-state index contributed by atoms with van der Waals surface area (Å²) in [5.74, 6) is -0.414. The minimum atomic E-state index is -1.49. The largest absolute Gasteiger partial charge is 0.458 e. The molecule has 0 radical (unpaired) electrons. The number of ether oxygens (including phenoxy) is 1. The summed E-state index contributed by atoms with van der Waals surface area (Å²) in [5, 5.41) is 18.8. The van der Waals surface area contributed by atoms with Gasteiger partial charge in [0.25, 0.3) is 0 Å². The number of esters is 1. The standard InChI is InChI=1S/C10H19ClO4/c1-10(2,3)15-9(14)8(13)7(12)5-4-6-11/h7-8,12-13H,4-6H2,1-3H3. The number of aliphatic hydroxyl groups is 2. The molecule has 4 nitrogen and oxygen atoms in total. The van der Waals surface area contributed by atoms with E-state index in [9.17, 15) is 15.0 Å². The Morgan fingerprint density at radius 2 is 1.93 bits per heavy atom.